The number of hydrogen-bond donors (Lipinski definition) is 2. The molecule has 3 aromatic rings. The first-order valence-electron chi connectivity index (χ1n) is 6.93. The van der Waals surface area contributed by atoms with Crippen molar-refractivity contribution in [3.63, 3.8) is 0 Å². The minimum atomic E-state index is -0.0355. The molecule has 0 radical (unpaired) electrons. The summed E-state index contributed by atoms with van der Waals surface area (Å²) in [4.78, 5) is 12.3. The molecule has 0 atom stereocenters. The summed E-state index contributed by atoms with van der Waals surface area (Å²) < 4.78 is 1.56. The Morgan fingerprint density at radius 2 is 1.55 bits per heavy atom. The van der Waals surface area contributed by atoms with Gasteiger partial charge in [0.1, 0.15) is 5.82 Å². The summed E-state index contributed by atoms with van der Waals surface area (Å²) in [5, 5.41) is 4.24. The third-order valence-electron chi connectivity index (χ3n) is 3.49. The average molecular weight is 292 g/mol. The molecule has 22 heavy (non-hydrogen) atoms. The number of rotatable bonds is 4. The number of nitrogens with zero attached hydrogens (tertiary/aromatic N) is 2. The highest BCUT2D eigenvalue weighted by molar-refractivity contribution is 5.98. The Morgan fingerprint density at radius 3 is 2.18 bits per heavy atom. The molecule has 110 valence electrons. The van der Waals surface area contributed by atoms with Crippen LogP contribution in [0.1, 0.15) is 15.9 Å². The van der Waals surface area contributed by atoms with Crippen LogP contribution >= 0.6 is 0 Å². The molecule has 0 aliphatic carbocycles. The maximum absolute atomic E-state index is 12.3. The van der Waals surface area contributed by atoms with Gasteiger partial charge in [-0.3, -0.25) is 4.79 Å². The molecule has 1 heterocycles. The molecule has 2 aromatic carbocycles. The van der Waals surface area contributed by atoms with E-state index in [1.807, 2.05) is 48.5 Å². The zero-order valence-corrected chi connectivity index (χ0v) is 11.9. The van der Waals surface area contributed by atoms with E-state index < -0.39 is 0 Å². The van der Waals surface area contributed by atoms with Gasteiger partial charge in [-0.05, 0) is 12.1 Å². The average Bonchev–Trinajstić information content (AvgIpc) is 2.84. The van der Waals surface area contributed by atoms with E-state index >= 15 is 0 Å². The molecule has 1 aromatic heterocycles. The van der Waals surface area contributed by atoms with Gasteiger partial charge in [-0.15, -0.1) is 5.10 Å². The van der Waals surface area contributed by atoms with Crippen LogP contribution in [0.5, 0.6) is 0 Å². The molecular formula is C17H16N4O. The van der Waals surface area contributed by atoms with E-state index in [2.05, 4.69) is 5.10 Å². The van der Waals surface area contributed by atoms with Gasteiger partial charge in [-0.25, -0.2) is 4.68 Å². The zero-order valence-electron chi connectivity index (χ0n) is 11.9. The highest BCUT2D eigenvalue weighted by Gasteiger charge is 2.18. The van der Waals surface area contributed by atoms with Gasteiger partial charge in [0.25, 0.3) is 0 Å². The number of carbonyl (C=O) groups excluding carboxylic acids is 1. The van der Waals surface area contributed by atoms with Crippen LogP contribution in [0.2, 0.25) is 0 Å². The van der Waals surface area contributed by atoms with Crippen LogP contribution in [0.4, 0.5) is 11.6 Å². The zero-order chi connectivity index (χ0) is 15.5. The standard InChI is InChI=1S/C17H16N4O/c18-16-14(11-15(22)12-7-3-1-4-8-12)17(19)21(20-16)13-9-5-2-6-10-13/h1-10H,11,19H2,(H2,18,20). The summed E-state index contributed by atoms with van der Waals surface area (Å²) in [6, 6.07) is 18.5. The predicted molar refractivity (Wildman–Crippen MR) is 86.9 cm³/mol. The second kappa shape index (κ2) is 5.73. The van der Waals surface area contributed by atoms with Crippen molar-refractivity contribution in [3.8, 4) is 5.69 Å². The molecule has 0 saturated heterocycles. The Labute approximate surface area is 128 Å². The quantitative estimate of drug-likeness (QED) is 0.723. The topological polar surface area (TPSA) is 86.9 Å². The third kappa shape index (κ3) is 2.56. The van der Waals surface area contributed by atoms with Gasteiger partial charge in [0.2, 0.25) is 0 Å². The molecule has 3 rings (SSSR count). The number of hydrogen-bond acceptors (Lipinski definition) is 4. The number of carbonyl (C=O) groups is 1. The summed E-state index contributed by atoms with van der Waals surface area (Å²) in [6.45, 7) is 0. The molecule has 0 aliphatic rings. The fraction of sp³-hybridized carbons (Fsp3) is 0.0588. The van der Waals surface area contributed by atoms with Crippen LogP contribution in [0.25, 0.3) is 5.69 Å². The van der Waals surface area contributed by atoms with Gasteiger partial charge in [-0.1, -0.05) is 48.5 Å². The molecule has 0 fully saturated rings. The fourth-order valence-corrected chi connectivity index (χ4v) is 2.31. The number of anilines is 2. The molecule has 0 saturated carbocycles. The van der Waals surface area contributed by atoms with Gasteiger partial charge < -0.3 is 11.5 Å². The molecule has 0 spiro atoms. The van der Waals surface area contributed by atoms with E-state index in [-0.39, 0.29) is 18.0 Å². The van der Waals surface area contributed by atoms with Crippen molar-refractivity contribution in [1.29, 1.82) is 0 Å². The molecular weight excluding hydrogens is 276 g/mol. The minimum Gasteiger partial charge on any atom is -0.383 e. The van der Waals surface area contributed by atoms with Crippen LogP contribution in [0, 0.1) is 0 Å². The highest BCUT2D eigenvalue weighted by Crippen LogP contribution is 2.24. The fourth-order valence-electron chi connectivity index (χ4n) is 2.31. The Balaban J connectivity index is 1.93. The van der Waals surface area contributed by atoms with Crippen molar-refractivity contribution >= 4 is 17.4 Å². The van der Waals surface area contributed by atoms with Gasteiger partial charge in [0.05, 0.1) is 5.69 Å². The molecule has 0 amide bonds. The normalized spacial score (nSPS) is 10.5. The second-order valence-corrected chi connectivity index (χ2v) is 4.96. The summed E-state index contributed by atoms with van der Waals surface area (Å²) in [6.07, 6.45) is 0.133. The maximum atomic E-state index is 12.3. The van der Waals surface area contributed by atoms with Crippen molar-refractivity contribution in [2.75, 3.05) is 11.5 Å². The van der Waals surface area contributed by atoms with Crippen LogP contribution in [-0.4, -0.2) is 15.6 Å². The van der Waals surface area contributed by atoms with Crippen molar-refractivity contribution in [2.24, 2.45) is 0 Å². The Bertz CT molecular complexity index is 794. The van der Waals surface area contributed by atoms with E-state index in [0.29, 0.717) is 16.9 Å². The molecule has 4 N–H and O–H groups in total. The molecule has 5 nitrogen and oxygen atoms in total. The second-order valence-electron chi connectivity index (χ2n) is 4.96. The smallest absolute Gasteiger partial charge is 0.167 e. The Hall–Kier alpha value is -3.08. The molecule has 0 bridgehead atoms. The summed E-state index contributed by atoms with van der Waals surface area (Å²) in [5.41, 5.74) is 14.1. The molecule has 0 unspecified atom stereocenters. The highest BCUT2D eigenvalue weighted by atomic mass is 16.1. The Kier molecular flexibility index (Phi) is 3.62. The first-order chi connectivity index (χ1) is 10.7. The number of para-hydroxylation sites is 1. The molecule has 0 aliphatic heterocycles. The largest absolute Gasteiger partial charge is 0.383 e. The van der Waals surface area contributed by atoms with Crippen molar-refractivity contribution in [1.82, 2.24) is 9.78 Å². The maximum Gasteiger partial charge on any atom is 0.167 e. The number of Topliss-reactive ketones (excluding diaryl/α,β-unsaturated/α-hetero) is 1. The lowest BCUT2D eigenvalue weighted by atomic mass is 10.0. The van der Waals surface area contributed by atoms with E-state index in [9.17, 15) is 4.79 Å². The number of nitrogens with two attached hydrogens (primary N) is 2. The van der Waals surface area contributed by atoms with Gasteiger partial charge in [0.15, 0.2) is 11.6 Å². The lowest BCUT2D eigenvalue weighted by molar-refractivity contribution is 0.0993. The predicted octanol–water partition coefficient (Wildman–Crippen LogP) is 2.46. The van der Waals surface area contributed by atoms with E-state index in [1.54, 1.807) is 16.8 Å². The van der Waals surface area contributed by atoms with Crippen molar-refractivity contribution in [3.05, 3.63) is 71.8 Å². The van der Waals surface area contributed by atoms with Gasteiger partial charge in [0, 0.05) is 17.5 Å². The van der Waals surface area contributed by atoms with Gasteiger partial charge >= 0.3 is 0 Å². The van der Waals surface area contributed by atoms with Gasteiger partial charge in [-0.2, -0.15) is 0 Å². The summed E-state index contributed by atoms with van der Waals surface area (Å²) in [5.74, 6) is 0.644. The lowest BCUT2D eigenvalue weighted by Gasteiger charge is -2.04. The van der Waals surface area contributed by atoms with Crippen LogP contribution in [0.15, 0.2) is 60.7 Å². The Morgan fingerprint density at radius 1 is 0.955 bits per heavy atom. The molecule has 5 heteroatoms. The van der Waals surface area contributed by atoms with Crippen LogP contribution < -0.4 is 11.5 Å². The van der Waals surface area contributed by atoms with E-state index in [4.69, 9.17) is 11.5 Å². The van der Waals surface area contributed by atoms with E-state index in [1.165, 1.54) is 0 Å². The van der Waals surface area contributed by atoms with Crippen LogP contribution in [-0.2, 0) is 6.42 Å². The number of aromatic nitrogens is 2. The number of benzene rings is 2. The monoisotopic (exact) mass is 292 g/mol. The van der Waals surface area contributed by atoms with E-state index in [0.717, 1.165) is 5.69 Å². The van der Waals surface area contributed by atoms with Crippen molar-refractivity contribution in [2.45, 2.75) is 6.42 Å². The minimum absolute atomic E-state index is 0.0355. The number of nitrogen functional groups attached to an aromatic ring is 2. The van der Waals surface area contributed by atoms with Crippen molar-refractivity contribution < 1.29 is 4.79 Å². The third-order valence-corrected chi connectivity index (χ3v) is 3.49. The first kappa shape index (κ1) is 13.9. The lowest BCUT2D eigenvalue weighted by Crippen LogP contribution is -2.07. The summed E-state index contributed by atoms with van der Waals surface area (Å²) >= 11 is 0. The number of ketones is 1. The van der Waals surface area contributed by atoms with Crippen LogP contribution in [0.3, 0.4) is 0 Å². The summed E-state index contributed by atoms with van der Waals surface area (Å²) in [7, 11) is 0. The first-order valence-corrected chi connectivity index (χ1v) is 6.93. The SMILES string of the molecule is Nc1nn(-c2ccccc2)c(N)c1CC(=O)c1ccccc1.